The Morgan fingerprint density at radius 3 is 2.32 bits per heavy atom. The number of aromatic nitrogens is 2. The van der Waals surface area contributed by atoms with Crippen LogP contribution < -0.4 is 16.4 Å². The number of carbonyl (C=O) groups excluding carboxylic acids is 3. The highest BCUT2D eigenvalue weighted by Crippen LogP contribution is 2.19. The number of aromatic amines is 1. The van der Waals surface area contributed by atoms with E-state index in [9.17, 15) is 24.3 Å². The third-order valence-electron chi connectivity index (χ3n) is 5.82. The number of nitrogens with one attached hydrogen (secondary N) is 3. The summed E-state index contributed by atoms with van der Waals surface area (Å²) in [5, 5.41) is 15.0. The van der Waals surface area contributed by atoms with Crippen molar-refractivity contribution in [3.05, 3.63) is 18.2 Å². The Kier molecular flexibility index (Phi) is 10.0. The Bertz CT molecular complexity index is 841. The second-order valence-corrected chi connectivity index (χ2v) is 9.80. The summed E-state index contributed by atoms with van der Waals surface area (Å²) in [4.78, 5) is 59.0. The Labute approximate surface area is 200 Å². The van der Waals surface area contributed by atoms with Gasteiger partial charge in [0.05, 0.1) is 12.4 Å². The lowest BCUT2D eigenvalue weighted by atomic mass is 10.00. The molecule has 1 aromatic heterocycles. The van der Waals surface area contributed by atoms with Gasteiger partial charge >= 0.3 is 5.97 Å². The Balaban J connectivity index is 2.20. The SMILES string of the molecule is CC(C)CC(N)C(=O)NC(CC(C)C)C(=O)NC(Cc1cnc[nH]1)C(=O)N1CCCC1C(=O)O. The summed E-state index contributed by atoms with van der Waals surface area (Å²) in [6.45, 7) is 8.08. The highest BCUT2D eigenvalue weighted by Gasteiger charge is 2.38. The summed E-state index contributed by atoms with van der Waals surface area (Å²) >= 11 is 0. The third kappa shape index (κ3) is 7.82. The molecule has 34 heavy (non-hydrogen) atoms. The predicted octanol–water partition coefficient (Wildman–Crippen LogP) is 0.417. The zero-order chi connectivity index (χ0) is 25.4. The molecular weight excluding hydrogens is 440 g/mol. The average Bonchev–Trinajstić information content (AvgIpc) is 3.43. The second-order valence-electron chi connectivity index (χ2n) is 9.80. The number of carboxylic acids is 1. The van der Waals surface area contributed by atoms with Crippen molar-refractivity contribution in [2.45, 2.75) is 84.0 Å². The van der Waals surface area contributed by atoms with Crippen LogP contribution in [0.4, 0.5) is 0 Å². The number of carboxylic acid groups (broad SMARTS) is 1. The molecule has 0 bridgehead atoms. The van der Waals surface area contributed by atoms with Crippen LogP contribution >= 0.6 is 0 Å². The van der Waals surface area contributed by atoms with E-state index in [1.165, 1.54) is 11.2 Å². The molecule has 2 heterocycles. The molecule has 1 fully saturated rings. The number of H-pyrrole nitrogens is 1. The Morgan fingerprint density at radius 2 is 1.76 bits per heavy atom. The fraction of sp³-hybridized carbons (Fsp3) is 0.696. The molecule has 3 amide bonds. The van der Waals surface area contributed by atoms with Crippen molar-refractivity contribution in [2.75, 3.05) is 6.54 Å². The van der Waals surface area contributed by atoms with E-state index in [1.54, 1.807) is 6.20 Å². The van der Waals surface area contributed by atoms with Gasteiger partial charge < -0.3 is 31.4 Å². The van der Waals surface area contributed by atoms with Crippen molar-refractivity contribution < 1.29 is 24.3 Å². The number of hydrogen-bond acceptors (Lipinski definition) is 6. The summed E-state index contributed by atoms with van der Waals surface area (Å²) in [5.74, 6) is -2.16. The van der Waals surface area contributed by atoms with Crippen molar-refractivity contribution in [3.63, 3.8) is 0 Å². The van der Waals surface area contributed by atoms with Crippen LogP contribution in [0.5, 0.6) is 0 Å². The second kappa shape index (κ2) is 12.5. The molecule has 4 unspecified atom stereocenters. The minimum absolute atomic E-state index is 0.0918. The summed E-state index contributed by atoms with van der Waals surface area (Å²) in [7, 11) is 0. The maximum absolute atomic E-state index is 13.3. The monoisotopic (exact) mass is 478 g/mol. The van der Waals surface area contributed by atoms with Crippen LogP contribution in [0.3, 0.4) is 0 Å². The number of carbonyl (C=O) groups is 4. The summed E-state index contributed by atoms with van der Waals surface area (Å²) < 4.78 is 0. The van der Waals surface area contributed by atoms with E-state index >= 15 is 0 Å². The van der Waals surface area contributed by atoms with Crippen molar-refractivity contribution in [2.24, 2.45) is 17.6 Å². The number of rotatable bonds is 12. The first-order chi connectivity index (χ1) is 16.0. The van der Waals surface area contributed by atoms with Crippen LogP contribution in [0, 0.1) is 11.8 Å². The zero-order valence-corrected chi connectivity index (χ0v) is 20.4. The Morgan fingerprint density at radius 1 is 1.12 bits per heavy atom. The van der Waals surface area contributed by atoms with Crippen LogP contribution in [-0.2, 0) is 25.6 Å². The standard InChI is InChI=1S/C23H38N6O5/c1-13(2)8-16(24)20(30)27-17(9-14(3)4)21(31)28-18(10-15-11-25-12-26-15)22(32)29-7-5-6-19(29)23(33)34/h11-14,16-19H,5-10,24H2,1-4H3,(H,25,26)(H,27,30)(H,28,31)(H,33,34). The molecule has 11 nitrogen and oxygen atoms in total. The first-order valence-corrected chi connectivity index (χ1v) is 11.9. The average molecular weight is 479 g/mol. The lowest BCUT2D eigenvalue weighted by Gasteiger charge is -2.29. The van der Waals surface area contributed by atoms with Gasteiger partial charge in [0.1, 0.15) is 18.1 Å². The maximum atomic E-state index is 13.3. The quantitative estimate of drug-likeness (QED) is 0.290. The van der Waals surface area contributed by atoms with Gasteiger partial charge in [-0.25, -0.2) is 9.78 Å². The molecular formula is C23H38N6O5. The lowest BCUT2D eigenvalue weighted by molar-refractivity contribution is -0.149. The summed E-state index contributed by atoms with van der Waals surface area (Å²) in [6.07, 6.45) is 4.91. The van der Waals surface area contributed by atoms with Crippen LogP contribution in [-0.4, -0.2) is 74.4 Å². The van der Waals surface area contributed by atoms with Crippen LogP contribution in [0.1, 0.15) is 59.1 Å². The maximum Gasteiger partial charge on any atom is 0.326 e. The van der Waals surface area contributed by atoms with Crippen LogP contribution in [0.25, 0.3) is 0 Å². The molecule has 0 spiro atoms. The molecule has 190 valence electrons. The molecule has 0 radical (unpaired) electrons. The number of hydrogen-bond donors (Lipinski definition) is 5. The summed E-state index contributed by atoms with van der Waals surface area (Å²) in [5.41, 5.74) is 6.61. The fourth-order valence-electron chi connectivity index (χ4n) is 4.17. The first kappa shape index (κ1) is 27.3. The van der Waals surface area contributed by atoms with Gasteiger partial charge in [-0.2, -0.15) is 0 Å². The predicted molar refractivity (Wildman–Crippen MR) is 125 cm³/mol. The molecule has 11 heteroatoms. The molecule has 1 aromatic rings. The van der Waals surface area contributed by atoms with Gasteiger partial charge in [-0.15, -0.1) is 0 Å². The van der Waals surface area contributed by atoms with Crippen molar-refractivity contribution in [1.29, 1.82) is 0 Å². The van der Waals surface area contributed by atoms with Gasteiger partial charge in [0.15, 0.2) is 0 Å². The highest BCUT2D eigenvalue weighted by molar-refractivity contribution is 5.94. The normalized spacial score (nSPS) is 18.6. The highest BCUT2D eigenvalue weighted by atomic mass is 16.4. The van der Waals surface area contributed by atoms with Crippen molar-refractivity contribution in [1.82, 2.24) is 25.5 Å². The largest absolute Gasteiger partial charge is 0.480 e. The molecule has 1 aliphatic rings. The Hall–Kier alpha value is -2.95. The molecule has 0 aromatic carbocycles. The number of aliphatic carboxylic acids is 1. The number of imidazole rings is 1. The lowest BCUT2D eigenvalue weighted by Crippen LogP contribution is -2.58. The molecule has 4 atom stereocenters. The van der Waals surface area contributed by atoms with Crippen molar-refractivity contribution in [3.8, 4) is 0 Å². The van der Waals surface area contributed by atoms with Crippen molar-refractivity contribution >= 4 is 23.7 Å². The number of nitrogens with zero attached hydrogens (tertiary/aromatic N) is 2. The fourth-order valence-corrected chi connectivity index (χ4v) is 4.17. The summed E-state index contributed by atoms with van der Waals surface area (Å²) in [6, 6.07) is -3.56. The van der Waals surface area contributed by atoms with E-state index in [-0.39, 0.29) is 18.3 Å². The molecule has 0 aliphatic carbocycles. The van der Waals surface area contributed by atoms with Gasteiger partial charge in [0.25, 0.3) is 0 Å². The van der Waals surface area contributed by atoms with Gasteiger partial charge in [-0.1, -0.05) is 27.7 Å². The molecule has 2 rings (SSSR count). The van der Waals surface area contributed by atoms with Crippen LogP contribution in [0.15, 0.2) is 12.5 Å². The van der Waals surface area contributed by atoms with E-state index in [4.69, 9.17) is 5.73 Å². The number of likely N-dealkylation sites (tertiary alicyclic amines) is 1. The smallest absolute Gasteiger partial charge is 0.326 e. The van der Waals surface area contributed by atoms with E-state index in [0.29, 0.717) is 37.9 Å². The third-order valence-corrected chi connectivity index (χ3v) is 5.82. The number of amides is 3. The number of nitrogens with two attached hydrogens (primary N) is 1. The van der Waals surface area contributed by atoms with E-state index in [2.05, 4.69) is 20.6 Å². The van der Waals surface area contributed by atoms with Crippen LogP contribution in [0.2, 0.25) is 0 Å². The minimum Gasteiger partial charge on any atom is -0.480 e. The van der Waals surface area contributed by atoms with E-state index < -0.39 is 47.9 Å². The van der Waals surface area contributed by atoms with Gasteiger partial charge in [-0.3, -0.25) is 14.4 Å². The molecule has 1 aliphatic heterocycles. The zero-order valence-electron chi connectivity index (χ0n) is 20.4. The van der Waals surface area contributed by atoms with Gasteiger partial charge in [0, 0.05) is 24.9 Å². The minimum atomic E-state index is -1.07. The van der Waals surface area contributed by atoms with E-state index in [1.807, 2.05) is 27.7 Å². The molecule has 0 saturated carbocycles. The first-order valence-electron chi connectivity index (χ1n) is 11.9. The van der Waals surface area contributed by atoms with Gasteiger partial charge in [0.2, 0.25) is 17.7 Å². The van der Waals surface area contributed by atoms with E-state index in [0.717, 1.165) is 0 Å². The molecule has 1 saturated heterocycles. The van der Waals surface area contributed by atoms with Gasteiger partial charge in [-0.05, 0) is 37.5 Å². The molecule has 6 N–H and O–H groups in total. The topological polar surface area (TPSA) is 171 Å².